The molecule has 0 saturated carbocycles. The first-order chi connectivity index (χ1) is 49.6. The SMILES string of the molecule is CC[C@H](C)[C@@H]([C@@H](CC(=O)N1CCC[C@H]1[C@H](OC)[C@@H](C)C(=O)C[C@@H](Cc1ccccc1)C(=O)NCc1ccc(NC(=O)[C@H](CCCNC(N)=O)CC(=O)[C@@H](NC(=O)CCC(=O)N2CCC(C(=O)Oc3c(F)c(C)c(F)c(F)c3F)CC2)C(C)C)cc1)OC)N(C)C(=O)[C@@H](CC(=O)[C@H](C(C)C)N(C)C)C(C)C. The molecule has 105 heavy (non-hydrogen) atoms. The van der Waals surface area contributed by atoms with Crippen molar-refractivity contribution in [3.8, 4) is 5.75 Å². The van der Waals surface area contributed by atoms with Crippen molar-refractivity contribution in [2.24, 2.45) is 59.0 Å². The van der Waals surface area contributed by atoms with Gasteiger partial charge in [0.05, 0.1) is 48.7 Å². The van der Waals surface area contributed by atoms with Gasteiger partial charge in [-0.3, -0.25) is 52.8 Å². The lowest BCUT2D eigenvalue weighted by Gasteiger charge is -2.41. The Balaban J connectivity index is 1.20. The standard InChI is InChI=1S/C78H113F4N9O14/c1-16-47(8)71(89(13)76(100)56(44(2)3)41-60(94)70(46(6)7)88(11)12)61(103-14)42-64(97)91-35-21-25-57(91)72(104-15)48(9)58(92)40-54(38-50-22-18-17-19-23-50)74(98)85-43-51-26-28-55(29-27-51)86-75(99)53(24-20-34-84-78(83)102)39-59(93)69(45(4)5)87-62(95)30-31-63(96)90-36-32-52(33-37-90)77(101)105-73-66(80)49(10)65(79)67(81)68(73)82/h17-19,22-23,26-29,44-48,52-54,56-57,61,69-72H,16,20-21,24-25,30-43H2,1-15H3,(H,85,98)(H,86,99)(H,87,95)(H3,83,84,102)/t47-,48-,53+,54+,56-,57-,61+,69-,70-,71-,72+/m0/s1. The van der Waals surface area contributed by atoms with Gasteiger partial charge < -0.3 is 55.9 Å². The van der Waals surface area contributed by atoms with E-state index in [0.29, 0.717) is 37.1 Å². The Morgan fingerprint density at radius 3 is 1.87 bits per heavy atom. The fourth-order valence-corrected chi connectivity index (χ4v) is 14.5. The summed E-state index contributed by atoms with van der Waals surface area (Å²) in [4.78, 5) is 158. The van der Waals surface area contributed by atoms with E-state index in [4.69, 9.17) is 19.9 Å². The normalized spacial score (nSPS) is 17.0. The van der Waals surface area contributed by atoms with Gasteiger partial charge in [-0.25, -0.2) is 18.0 Å². The van der Waals surface area contributed by atoms with Gasteiger partial charge in [0.2, 0.25) is 47.0 Å². The van der Waals surface area contributed by atoms with Gasteiger partial charge in [-0.05, 0) is 113 Å². The van der Waals surface area contributed by atoms with Crippen molar-refractivity contribution >= 4 is 70.5 Å². The molecule has 2 fully saturated rings. The smallest absolute Gasteiger partial charge is 0.314 e. The molecule has 11 atom stereocenters. The van der Waals surface area contributed by atoms with Crippen molar-refractivity contribution in [2.75, 3.05) is 66.9 Å². The summed E-state index contributed by atoms with van der Waals surface area (Å²) in [6, 6.07) is 12.8. The molecule has 8 amide bonds. The number of hydrogen-bond donors (Lipinski definition) is 5. The highest BCUT2D eigenvalue weighted by Gasteiger charge is 2.44. The number of ketones is 3. The van der Waals surface area contributed by atoms with E-state index >= 15 is 0 Å². The number of carbonyl (C=O) groups is 11. The molecule has 2 aliphatic rings. The number of ether oxygens (including phenoxy) is 3. The molecule has 582 valence electrons. The molecule has 3 aromatic carbocycles. The molecule has 0 aromatic heterocycles. The van der Waals surface area contributed by atoms with E-state index < -0.39 is 136 Å². The molecule has 23 nitrogen and oxygen atoms in total. The molecule has 6 N–H and O–H groups in total. The van der Waals surface area contributed by atoms with Crippen LogP contribution in [0.5, 0.6) is 5.75 Å². The lowest BCUT2D eigenvalue weighted by molar-refractivity contribution is -0.149. The van der Waals surface area contributed by atoms with Gasteiger partial charge in [-0.1, -0.05) is 111 Å². The van der Waals surface area contributed by atoms with E-state index in [1.807, 2.05) is 90.9 Å². The van der Waals surface area contributed by atoms with Crippen LogP contribution in [-0.2, 0) is 70.4 Å². The van der Waals surface area contributed by atoms with E-state index in [9.17, 15) is 70.3 Å². The van der Waals surface area contributed by atoms with Crippen molar-refractivity contribution < 1.29 is 84.5 Å². The Bertz CT molecular complexity index is 3430. The minimum atomic E-state index is -1.99. The Morgan fingerprint density at radius 1 is 0.657 bits per heavy atom. The zero-order valence-electron chi connectivity index (χ0n) is 63.9. The number of likely N-dealkylation sites (N-methyl/N-ethyl adjacent to an activating group) is 2. The lowest BCUT2D eigenvalue weighted by Crippen LogP contribution is -2.54. The first-order valence-electron chi connectivity index (χ1n) is 36.8. The summed E-state index contributed by atoms with van der Waals surface area (Å²) >= 11 is 0. The van der Waals surface area contributed by atoms with Gasteiger partial charge in [0.25, 0.3) is 0 Å². The quantitative estimate of drug-likeness (QED) is 0.00882. The highest BCUT2D eigenvalue weighted by Crippen LogP contribution is 2.35. The number of piperidine rings is 1. The third-order valence-corrected chi connectivity index (χ3v) is 20.8. The van der Waals surface area contributed by atoms with Gasteiger partial charge in [0.15, 0.2) is 29.0 Å². The van der Waals surface area contributed by atoms with Gasteiger partial charge in [-0.2, -0.15) is 4.39 Å². The van der Waals surface area contributed by atoms with Crippen LogP contribution in [0, 0.1) is 83.5 Å². The molecule has 0 radical (unpaired) electrons. The third kappa shape index (κ3) is 24.7. The number of likely N-dealkylation sites (tertiary alicyclic amines) is 2. The number of rotatable bonds is 41. The second-order valence-electron chi connectivity index (χ2n) is 29.6. The number of esters is 1. The van der Waals surface area contributed by atoms with Crippen LogP contribution in [0.25, 0.3) is 0 Å². The highest BCUT2D eigenvalue weighted by atomic mass is 19.2. The number of amides is 8. The van der Waals surface area contributed by atoms with E-state index in [2.05, 4.69) is 21.3 Å². The Morgan fingerprint density at radius 2 is 1.30 bits per heavy atom. The summed E-state index contributed by atoms with van der Waals surface area (Å²) in [5.41, 5.74) is 6.27. The largest absolute Gasteiger partial charge is 0.420 e. The predicted molar refractivity (Wildman–Crippen MR) is 388 cm³/mol. The summed E-state index contributed by atoms with van der Waals surface area (Å²) in [6.45, 7) is 18.5. The van der Waals surface area contributed by atoms with Crippen LogP contribution in [-0.4, -0.2) is 182 Å². The molecule has 2 saturated heterocycles. The second-order valence-corrected chi connectivity index (χ2v) is 29.6. The number of nitrogens with zero attached hydrogens (tertiary/aromatic N) is 4. The van der Waals surface area contributed by atoms with Crippen molar-refractivity contribution in [3.05, 3.63) is 94.6 Å². The summed E-state index contributed by atoms with van der Waals surface area (Å²) in [5.74, 6) is -17.5. The summed E-state index contributed by atoms with van der Waals surface area (Å²) in [7, 11) is 8.53. The molecular weight excluding hydrogens is 1360 g/mol. The van der Waals surface area contributed by atoms with E-state index in [0.717, 1.165) is 12.5 Å². The molecule has 0 spiro atoms. The number of urea groups is 1. The Hall–Kier alpha value is -8.17. The molecule has 27 heteroatoms. The van der Waals surface area contributed by atoms with Crippen LogP contribution in [0.15, 0.2) is 54.6 Å². The summed E-state index contributed by atoms with van der Waals surface area (Å²) in [6.07, 6.45) is 0.0851. The van der Waals surface area contributed by atoms with Crippen molar-refractivity contribution in [1.29, 1.82) is 0 Å². The predicted octanol–water partition coefficient (Wildman–Crippen LogP) is 9.45. The van der Waals surface area contributed by atoms with Gasteiger partial charge in [0, 0.05) is 121 Å². The molecular formula is C78H113F4N9O14. The number of nitrogens with one attached hydrogen (secondary N) is 4. The maximum Gasteiger partial charge on any atom is 0.314 e. The van der Waals surface area contributed by atoms with Crippen molar-refractivity contribution in [2.45, 2.75) is 202 Å². The van der Waals surface area contributed by atoms with Gasteiger partial charge in [0.1, 0.15) is 5.78 Å². The van der Waals surface area contributed by atoms with Gasteiger partial charge >= 0.3 is 12.0 Å². The first kappa shape index (κ1) is 87.5. The lowest BCUT2D eigenvalue weighted by atomic mass is 9.83. The fourth-order valence-electron chi connectivity index (χ4n) is 14.5. The first-order valence-corrected chi connectivity index (χ1v) is 36.8. The van der Waals surface area contributed by atoms with E-state index in [1.54, 1.807) is 61.9 Å². The molecule has 0 bridgehead atoms. The van der Waals surface area contributed by atoms with Crippen LogP contribution >= 0.6 is 0 Å². The highest BCUT2D eigenvalue weighted by molar-refractivity contribution is 5.98. The molecule has 3 aromatic rings. The number of primary amides is 1. The molecule has 2 aliphatic heterocycles. The third-order valence-electron chi connectivity index (χ3n) is 20.8. The molecule has 0 unspecified atom stereocenters. The Kier molecular flexibility index (Phi) is 34.7. The van der Waals surface area contributed by atoms with E-state index in [1.165, 1.54) is 19.1 Å². The number of methoxy groups -OCH3 is 2. The van der Waals surface area contributed by atoms with Crippen LogP contribution in [0.2, 0.25) is 0 Å². The van der Waals surface area contributed by atoms with Crippen LogP contribution in [0.1, 0.15) is 162 Å². The monoisotopic (exact) mass is 1480 g/mol. The van der Waals surface area contributed by atoms with Crippen molar-refractivity contribution in [3.63, 3.8) is 0 Å². The zero-order chi connectivity index (χ0) is 78.3. The minimum absolute atomic E-state index is 0.001000. The zero-order valence-corrected chi connectivity index (χ0v) is 63.9. The van der Waals surface area contributed by atoms with E-state index in [-0.39, 0.29) is 150 Å². The number of nitrogens with two attached hydrogens (primary N) is 1. The average Bonchev–Trinajstić information content (AvgIpc) is 1.80. The number of Topliss-reactive ketones (excluding diaryl/α,β-unsaturated/α-hetero) is 3. The van der Waals surface area contributed by atoms with Gasteiger partial charge in [-0.15, -0.1) is 0 Å². The number of halogens is 4. The minimum Gasteiger partial charge on any atom is -0.420 e. The number of hydrogen-bond acceptors (Lipinski definition) is 15. The summed E-state index contributed by atoms with van der Waals surface area (Å²) in [5, 5.41) is 11.0. The molecule has 0 aliphatic carbocycles. The van der Waals surface area contributed by atoms with Crippen LogP contribution in [0.3, 0.4) is 0 Å². The molecule has 2 heterocycles. The molecule has 5 rings (SSSR count). The fraction of sp³-hybridized carbons (Fsp3) is 0.628. The Labute approximate surface area is 616 Å². The average molecular weight is 1480 g/mol. The number of benzene rings is 3. The van der Waals surface area contributed by atoms with Crippen molar-refractivity contribution in [1.82, 2.24) is 35.6 Å². The van der Waals surface area contributed by atoms with Crippen LogP contribution in [0.4, 0.5) is 28.0 Å². The number of anilines is 1. The maximum absolute atomic E-state index is 14.7. The maximum atomic E-state index is 14.7. The number of carbonyl (C=O) groups excluding carboxylic acids is 11. The summed E-state index contributed by atoms with van der Waals surface area (Å²) < 4.78 is 73.8. The van der Waals surface area contributed by atoms with Crippen LogP contribution < -0.4 is 31.7 Å². The topological polar surface area (TPSA) is 303 Å². The second kappa shape index (κ2) is 41.7.